The van der Waals surface area contributed by atoms with Gasteiger partial charge in [0, 0.05) is 5.69 Å². The zero-order valence-electron chi connectivity index (χ0n) is 11.7. The van der Waals surface area contributed by atoms with Crippen LogP contribution in [0.3, 0.4) is 0 Å². The highest BCUT2D eigenvalue weighted by Gasteiger charge is 2.12. The summed E-state index contributed by atoms with van der Waals surface area (Å²) >= 11 is 0. The largest absolute Gasteiger partial charge is 0.507 e. The third kappa shape index (κ3) is 3.39. The highest BCUT2D eigenvalue weighted by Crippen LogP contribution is 2.20. The van der Waals surface area contributed by atoms with Gasteiger partial charge < -0.3 is 15.2 Å². The van der Waals surface area contributed by atoms with E-state index in [1.165, 1.54) is 19.2 Å². The minimum absolute atomic E-state index is 0.0952. The number of aromatic hydroxyl groups is 1. The van der Waals surface area contributed by atoms with Crippen LogP contribution in [-0.2, 0) is 4.74 Å². The molecule has 1 amide bonds. The fourth-order valence-electron chi connectivity index (χ4n) is 1.87. The molecule has 0 aromatic heterocycles. The average molecular weight is 285 g/mol. The summed E-state index contributed by atoms with van der Waals surface area (Å²) in [5, 5.41) is 12.4. The van der Waals surface area contributed by atoms with Crippen LogP contribution in [0.4, 0.5) is 5.69 Å². The van der Waals surface area contributed by atoms with Crippen LogP contribution in [0.2, 0.25) is 0 Å². The number of esters is 1. The number of rotatable bonds is 3. The molecular weight excluding hydrogens is 270 g/mol. The summed E-state index contributed by atoms with van der Waals surface area (Å²) in [5.41, 5.74) is 1.83. The van der Waals surface area contributed by atoms with Gasteiger partial charge in [-0.25, -0.2) is 4.79 Å². The third-order valence-electron chi connectivity index (χ3n) is 2.94. The molecule has 2 N–H and O–H groups in total. The van der Waals surface area contributed by atoms with Crippen LogP contribution in [0.25, 0.3) is 0 Å². The number of methoxy groups -OCH3 is 1. The van der Waals surface area contributed by atoms with Crippen molar-refractivity contribution in [2.24, 2.45) is 0 Å². The topological polar surface area (TPSA) is 75.6 Å². The lowest BCUT2D eigenvalue weighted by atomic mass is 10.1. The third-order valence-corrected chi connectivity index (χ3v) is 2.94. The molecule has 0 bridgehead atoms. The van der Waals surface area contributed by atoms with E-state index < -0.39 is 11.9 Å². The minimum atomic E-state index is -0.482. The molecule has 2 aromatic carbocycles. The summed E-state index contributed by atoms with van der Waals surface area (Å²) in [6.45, 7) is 1.83. The molecular formula is C16H15NO4. The Bertz CT molecular complexity index is 694. The van der Waals surface area contributed by atoms with E-state index in [4.69, 9.17) is 0 Å². The molecule has 0 saturated carbocycles. The number of nitrogens with one attached hydrogen (secondary N) is 1. The molecule has 5 nitrogen and oxygen atoms in total. The molecule has 0 heterocycles. The Morgan fingerprint density at radius 1 is 1.14 bits per heavy atom. The molecule has 0 saturated heterocycles. The van der Waals surface area contributed by atoms with Crippen molar-refractivity contribution >= 4 is 17.6 Å². The number of ether oxygens (including phenoxy) is 1. The van der Waals surface area contributed by atoms with Crippen LogP contribution < -0.4 is 5.32 Å². The Labute approximate surface area is 122 Å². The number of carbonyl (C=O) groups is 2. The number of benzene rings is 2. The zero-order valence-corrected chi connectivity index (χ0v) is 11.7. The minimum Gasteiger partial charge on any atom is -0.507 e. The lowest BCUT2D eigenvalue weighted by Crippen LogP contribution is -2.13. The summed E-state index contributed by atoms with van der Waals surface area (Å²) < 4.78 is 4.62. The van der Waals surface area contributed by atoms with Crippen LogP contribution in [0, 0.1) is 6.92 Å². The van der Waals surface area contributed by atoms with Crippen LogP contribution in [0.1, 0.15) is 26.3 Å². The molecule has 2 rings (SSSR count). The van der Waals surface area contributed by atoms with Gasteiger partial charge in [0.1, 0.15) is 5.75 Å². The van der Waals surface area contributed by atoms with E-state index in [0.717, 1.165) is 5.56 Å². The molecule has 0 fully saturated rings. The molecule has 108 valence electrons. The van der Waals surface area contributed by atoms with E-state index in [9.17, 15) is 14.7 Å². The standard InChI is InChI=1S/C16H15NO4/c1-10-6-7-14(18)13(8-10)15(19)17-12-5-3-4-11(9-12)16(20)21-2/h3-9,18H,1-2H3,(H,17,19). The maximum atomic E-state index is 12.2. The van der Waals surface area contributed by atoms with Gasteiger partial charge in [0.15, 0.2) is 0 Å². The molecule has 5 heteroatoms. The Hall–Kier alpha value is -2.82. The van der Waals surface area contributed by atoms with Gasteiger partial charge in [-0.2, -0.15) is 0 Å². The number of aryl methyl sites for hydroxylation is 1. The second-order valence-corrected chi connectivity index (χ2v) is 4.55. The van der Waals surface area contributed by atoms with Crippen molar-refractivity contribution in [3.05, 3.63) is 59.2 Å². The van der Waals surface area contributed by atoms with Gasteiger partial charge in [-0.05, 0) is 37.3 Å². The molecule has 0 spiro atoms. The number of anilines is 1. The van der Waals surface area contributed by atoms with Crippen LogP contribution in [0.15, 0.2) is 42.5 Å². The maximum absolute atomic E-state index is 12.2. The fourth-order valence-corrected chi connectivity index (χ4v) is 1.87. The predicted molar refractivity (Wildman–Crippen MR) is 78.6 cm³/mol. The van der Waals surface area contributed by atoms with Gasteiger partial charge in [0.2, 0.25) is 0 Å². The lowest BCUT2D eigenvalue weighted by molar-refractivity contribution is 0.0600. The fraction of sp³-hybridized carbons (Fsp3) is 0.125. The lowest BCUT2D eigenvalue weighted by Gasteiger charge is -2.08. The number of carbonyl (C=O) groups excluding carboxylic acids is 2. The first-order valence-electron chi connectivity index (χ1n) is 6.30. The van der Waals surface area contributed by atoms with Gasteiger partial charge in [0.05, 0.1) is 18.2 Å². The molecule has 21 heavy (non-hydrogen) atoms. The first-order chi connectivity index (χ1) is 10.0. The molecule has 2 aromatic rings. The van der Waals surface area contributed by atoms with Crippen LogP contribution >= 0.6 is 0 Å². The summed E-state index contributed by atoms with van der Waals surface area (Å²) in [4.78, 5) is 23.6. The summed E-state index contributed by atoms with van der Waals surface area (Å²) in [6.07, 6.45) is 0. The van der Waals surface area contributed by atoms with Crippen LogP contribution in [0.5, 0.6) is 5.75 Å². The van der Waals surface area contributed by atoms with Crippen LogP contribution in [-0.4, -0.2) is 24.1 Å². The molecule has 0 atom stereocenters. The van der Waals surface area contributed by atoms with Gasteiger partial charge in [-0.15, -0.1) is 0 Å². The highest BCUT2D eigenvalue weighted by atomic mass is 16.5. The van der Waals surface area contributed by atoms with Crippen molar-refractivity contribution in [1.82, 2.24) is 0 Å². The number of amides is 1. The van der Waals surface area contributed by atoms with E-state index in [1.807, 2.05) is 6.92 Å². The molecule has 0 unspecified atom stereocenters. The first-order valence-corrected chi connectivity index (χ1v) is 6.30. The van der Waals surface area contributed by atoms with Gasteiger partial charge >= 0.3 is 5.97 Å². The van der Waals surface area contributed by atoms with Crippen molar-refractivity contribution in [3.63, 3.8) is 0 Å². The SMILES string of the molecule is COC(=O)c1cccc(NC(=O)c2cc(C)ccc2O)c1. The molecule has 0 radical (unpaired) electrons. The van der Waals surface area contributed by atoms with E-state index in [2.05, 4.69) is 10.1 Å². The van der Waals surface area contributed by atoms with E-state index in [0.29, 0.717) is 11.3 Å². The number of phenolic OH excluding ortho intramolecular Hbond substituents is 1. The second kappa shape index (κ2) is 6.09. The molecule has 0 aliphatic heterocycles. The number of hydrogen-bond acceptors (Lipinski definition) is 4. The van der Waals surface area contributed by atoms with Crippen molar-refractivity contribution < 1.29 is 19.4 Å². The van der Waals surface area contributed by atoms with Gasteiger partial charge in [-0.1, -0.05) is 17.7 Å². The summed E-state index contributed by atoms with van der Waals surface area (Å²) in [7, 11) is 1.29. The molecule has 0 aliphatic rings. The smallest absolute Gasteiger partial charge is 0.337 e. The Balaban J connectivity index is 2.23. The van der Waals surface area contributed by atoms with Crippen molar-refractivity contribution in [2.45, 2.75) is 6.92 Å². The van der Waals surface area contributed by atoms with E-state index in [-0.39, 0.29) is 11.3 Å². The van der Waals surface area contributed by atoms with E-state index in [1.54, 1.807) is 30.3 Å². The quantitative estimate of drug-likeness (QED) is 0.850. The average Bonchev–Trinajstić information content (AvgIpc) is 2.49. The zero-order chi connectivity index (χ0) is 15.4. The number of hydrogen-bond donors (Lipinski definition) is 2. The van der Waals surface area contributed by atoms with Gasteiger partial charge in [-0.3, -0.25) is 4.79 Å². The van der Waals surface area contributed by atoms with Crippen molar-refractivity contribution in [2.75, 3.05) is 12.4 Å². The number of phenols is 1. The Kier molecular flexibility index (Phi) is 4.23. The summed E-state index contributed by atoms with van der Waals surface area (Å²) in [6, 6.07) is 11.2. The second-order valence-electron chi connectivity index (χ2n) is 4.55. The van der Waals surface area contributed by atoms with Crippen molar-refractivity contribution in [1.29, 1.82) is 0 Å². The Morgan fingerprint density at radius 3 is 2.62 bits per heavy atom. The highest BCUT2D eigenvalue weighted by molar-refractivity contribution is 6.06. The maximum Gasteiger partial charge on any atom is 0.337 e. The molecule has 0 aliphatic carbocycles. The van der Waals surface area contributed by atoms with Gasteiger partial charge in [0.25, 0.3) is 5.91 Å². The monoisotopic (exact) mass is 285 g/mol. The predicted octanol–water partition coefficient (Wildman–Crippen LogP) is 2.74. The summed E-state index contributed by atoms with van der Waals surface area (Å²) in [5.74, 6) is -1.02. The normalized spacial score (nSPS) is 10.0. The first kappa shape index (κ1) is 14.6. The van der Waals surface area contributed by atoms with E-state index >= 15 is 0 Å². The van der Waals surface area contributed by atoms with Crippen molar-refractivity contribution in [3.8, 4) is 5.75 Å². The Morgan fingerprint density at radius 2 is 1.90 bits per heavy atom.